The van der Waals surface area contributed by atoms with Gasteiger partial charge in [-0.15, -0.1) is 0 Å². The quantitative estimate of drug-likeness (QED) is 0.634. The lowest BCUT2D eigenvalue weighted by Gasteiger charge is -2.10. The molecule has 0 spiro atoms. The van der Waals surface area contributed by atoms with Crippen molar-refractivity contribution in [2.45, 2.75) is 26.3 Å². The summed E-state index contributed by atoms with van der Waals surface area (Å²) in [7, 11) is 0. The molecule has 1 aromatic heterocycles. The molecule has 2 aromatic carbocycles. The van der Waals surface area contributed by atoms with Crippen LogP contribution in [0, 0.1) is 0 Å². The molecule has 0 atom stereocenters. The fraction of sp³-hybridized carbons (Fsp3) is 0.211. The van der Waals surface area contributed by atoms with Gasteiger partial charge in [-0.2, -0.15) is 0 Å². The molecule has 124 valence electrons. The molecule has 0 unspecified atom stereocenters. The number of anilines is 1. The number of benzene rings is 2. The maximum atomic E-state index is 12.3. The third-order valence-corrected chi connectivity index (χ3v) is 4.53. The van der Waals surface area contributed by atoms with Crippen molar-refractivity contribution in [3.63, 3.8) is 0 Å². The lowest BCUT2D eigenvalue weighted by Crippen LogP contribution is -2.18. The SMILES string of the molecule is CC(C)c1ccc2c(ccn2CC(=O)Nc2ccc(Cl)cc2Cl)c1. The Morgan fingerprint density at radius 2 is 1.92 bits per heavy atom. The molecule has 0 saturated heterocycles. The van der Waals surface area contributed by atoms with Gasteiger partial charge in [0.15, 0.2) is 0 Å². The first-order chi connectivity index (χ1) is 11.4. The molecule has 0 saturated carbocycles. The Balaban J connectivity index is 1.78. The van der Waals surface area contributed by atoms with Gasteiger partial charge in [0, 0.05) is 16.7 Å². The monoisotopic (exact) mass is 360 g/mol. The van der Waals surface area contributed by atoms with E-state index < -0.39 is 0 Å². The zero-order valence-electron chi connectivity index (χ0n) is 13.5. The maximum Gasteiger partial charge on any atom is 0.244 e. The van der Waals surface area contributed by atoms with Crippen LogP contribution in [0.3, 0.4) is 0 Å². The lowest BCUT2D eigenvalue weighted by atomic mass is 10.0. The molecule has 1 heterocycles. The molecular formula is C19H18Cl2N2O. The smallest absolute Gasteiger partial charge is 0.244 e. The summed E-state index contributed by atoms with van der Waals surface area (Å²) < 4.78 is 1.93. The number of hydrogen-bond donors (Lipinski definition) is 1. The molecule has 0 radical (unpaired) electrons. The van der Waals surface area contributed by atoms with E-state index in [9.17, 15) is 4.79 Å². The number of halogens is 2. The first-order valence-electron chi connectivity index (χ1n) is 7.78. The average Bonchev–Trinajstić information content (AvgIpc) is 2.92. The molecule has 0 aliphatic carbocycles. The number of carbonyl (C=O) groups is 1. The molecule has 0 fully saturated rings. The molecular weight excluding hydrogens is 343 g/mol. The van der Waals surface area contributed by atoms with Crippen LogP contribution in [0.5, 0.6) is 0 Å². The predicted molar refractivity (Wildman–Crippen MR) is 101 cm³/mol. The summed E-state index contributed by atoms with van der Waals surface area (Å²) in [5.74, 6) is 0.345. The molecule has 3 nitrogen and oxygen atoms in total. The summed E-state index contributed by atoms with van der Waals surface area (Å²) in [5.41, 5.74) is 2.89. The molecule has 0 bridgehead atoms. The number of rotatable bonds is 4. The van der Waals surface area contributed by atoms with Crippen LogP contribution >= 0.6 is 23.2 Å². The minimum Gasteiger partial charge on any atom is -0.338 e. The predicted octanol–water partition coefficient (Wildman–Crippen LogP) is 5.71. The molecule has 0 aliphatic rings. The number of nitrogens with zero attached hydrogens (tertiary/aromatic N) is 1. The van der Waals surface area contributed by atoms with Gasteiger partial charge in [0.2, 0.25) is 5.91 Å². The Morgan fingerprint density at radius 3 is 2.62 bits per heavy atom. The van der Waals surface area contributed by atoms with Crippen LogP contribution in [0.25, 0.3) is 10.9 Å². The van der Waals surface area contributed by atoms with Crippen molar-refractivity contribution in [3.05, 3.63) is 64.3 Å². The number of nitrogens with one attached hydrogen (secondary N) is 1. The molecule has 5 heteroatoms. The van der Waals surface area contributed by atoms with Crippen molar-refractivity contribution in [3.8, 4) is 0 Å². The van der Waals surface area contributed by atoms with E-state index in [-0.39, 0.29) is 12.5 Å². The fourth-order valence-corrected chi connectivity index (χ4v) is 3.11. The van der Waals surface area contributed by atoms with Gasteiger partial charge in [-0.25, -0.2) is 0 Å². The number of fused-ring (bicyclic) bond motifs is 1. The van der Waals surface area contributed by atoms with Crippen molar-refractivity contribution in [2.75, 3.05) is 5.32 Å². The van der Waals surface area contributed by atoms with Crippen LogP contribution in [0.1, 0.15) is 25.3 Å². The van der Waals surface area contributed by atoms with Gasteiger partial charge in [0.25, 0.3) is 0 Å². The van der Waals surface area contributed by atoms with Crippen LogP contribution in [-0.2, 0) is 11.3 Å². The lowest BCUT2D eigenvalue weighted by molar-refractivity contribution is -0.116. The molecule has 24 heavy (non-hydrogen) atoms. The number of hydrogen-bond acceptors (Lipinski definition) is 1. The maximum absolute atomic E-state index is 12.3. The molecule has 1 amide bonds. The summed E-state index contributed by atoms with van der Waals surface area (Å²) in [5, 5.41) is 4.92. The average molecular weight is 361 g/mol. The highest BCUT2D eigenvalue weighted by atomic mass is 35.5. The molecule has 0 aliphatic heterocycles. The van der Waals surface area contributed by atoms with Crippen LogP contribution in [0.2, 0.25) is 10.0 Å². The number of amides is 1. The van der Waals surface area contributed by atoms with Crippen molar-refractivity contribution >= 4 is 45.7 Å². The van der Waals surface area contributed by atoms with E-state index in [1.165, 1.54) is 5.56 Å². The zero-order valence-corrected chi connectivity index (χ0v) is 15.0. The van der Waals surface area contributed by atoms with E-state index in [2.05, 4.69) is 37.4 Å². The van der Waals surface area contributed by atoms with Crippen molar-refractivity contribution in [1.29, 1.82) is 0 Å². The van der Waals surface area contributed by atoms with E-state index in [1.807, 2.05) is 16.8 Å². The van der Waals surface area contributed by atoms with Crippen molar-refractivity contribution in [1.82, 2.24) is 4.57 Å². The minimum absolute atomic E-state index is 0.135. The summed E-state index contributed by atoms with van der Waals surface area (Å²) in [6, 6.07) is 13.4. The molecule has 3 rings (SSSR count). The largest absolute Gasteiger partial charge is 0.338 e. The van der Waals surface area contributed by atoms with Crippen LogP contribution in [0.4, 0.5) is 5.69 Å². The topological polar surface area (TPSA) is 34.0 Å². The van der Waals surface area contributed by atoms with E-state index in [0.717, 1.165) is 10.9 Å². The molecule has 1 N–H and O–H groups in total. The fourth-order valence-electron chi connectivity index (χ4n) is 2.65. The highest BCUT2D eigenvalue weighted by molar-refractivity contribution is 6.36. The number of carbonyl (C=O) groups excluding carboxylic acids is 1. The van der Waals surface area contributed by atoms with E-state index >= 15 is 0 Å². The van der Waals surface area contributed by atoms with Gasteiger partial charge in [-0.05, 0) is 53.3 Å². The van der Waals surface area contributed by atoms with E-state index in [4.69, 9.17) is 23.2 Å². The highest BCUT2D eigenvalue weighted by Crippen LogP contribution is 2.26. The van der Waals surface area contributed by atoms with E-state index in [1.54, 1.807) is 18.2 Å². The summed E-state index contributed by atoms with van der Waals surface area (Å²) in [6.45, 7) is 4.56. The first-order valence-corrected chi connectivity index (χ1v) is 8.53. The van der Waals surface area contributed by atoms with E-state index in [0.29, 0.717) is 21.7 Å². The normalized spacial score (nSPS) is 11.2. The van der Waals surface area contributed by atoms with Crippen molar-refractivity contribution < 1.29 is 4.79 Å². The van der Waals surface area contributed by atoms with Gasteiger partial charge in [-0.3, -0.25) is 4.79 Å². The van der Waals surface area contributed by atoms with Gasteiger partial charge in [-0.1, -0.05) is 43.1 Å². The standard InChI is InChI=1S/C19H18Cl2N2O/c1-12(2)13-3-6-18-14(9-13)7-8-23(18)11-19(24)22-17-5-4-15(20)10-16(17)21/h3-10,12H,11H2,1-2H3,(H,22,24). The third-order valence-electron chi connectivity index (χ3n) is 3.98. The summed E-state index contributed by atoms with van der Waals surface area (Å²) in [4.78, 5) is 12.3. The summed E-state index contributed by atoms with van der Waals surface area (Å²) in [6.07, 6.45) is 1.93. The minimum atomic E-state index is -0.135. The second-order valence-corrected chi connectivity index (χ2v) is 6.93. The Hall–Kier alpha value is -1.97. The second-order valence-electron chi connectivity index (χ2n) is 6.09. The number of aromatic nitrogens is 1. The second kappa shape index (κ2) is 6.88. The van der Waals surface area contributed by atoms with Gasteiger partial charge >= 0.3 is 0 Å². The Bertz CT molecular complexity index is 900. The van der Waals surface area contributed by atoms with Crippen LogP contribution < -0.4 is 5.32 Å². The zero-order chi connectivity index (χ0) is 17.3. The van der Waals surface area contributed by atoms with Gasteiger partial charge in [0.05, 0.1) is 10.7 Å². The summed E-state index contributed by atoms with van der Waals surface area (Å²) >= 11 is 12.0. The Morgan fingerprint density at radius 1 is 1.12 bits per heavy atom. The van der Waals surface area contributed by atoms with Gasteiger partial charge in [0.1, 0.15) is 6.54 Å². The van der Waals surface area contributed by atoms with Crippen LogP contribution in [0.15, 0.2) is 48.7 Å². The first kappa shape index (κ1) is 16.9. The highest BCUT2D eigenvalue weighted by Gasteiger charge is 2.10. The third kappa shape index (κ3) is 3.58. The molecule has 3 aromatic rings. The Kier molecular flexibility index (Phi) is 4.83. The van der Waals surface area contributed by atoms with Crippen LogP contribution in [-0.4, -0.2) is 10.5 Å². The van der Waals surface area contributed by atoms with Crippen molar-refractivity contribution in [2.24, 2.45) is 0 Å². The Labute approximate surface area is 151 Å². The van der Waals surface area contributed by atoms with Gasteiger partial charge < -0.3 is 9.88 Å².